The van der Waals surface area contributed by atoms with Crippen LogP contribution < -0.4 is 19.7 Å². The first-order chi connectivity index (χ1) is 14.6. The molecule has 0 saturated heterocycles. The minimum atomic E-state index is -0.428. The number of para-hydroxylation sites is 2. The minimum Gasteiger partial charge on any atom is -0.497 e. The van der Waals surface area contributed by atoms with Crippen LogP contribution in [0.2, 0.25) is 0 Å². The summed E-state index contributed by atoms with van der Waals surface area (Å²) in [7, 11) is 3.12. The number of nitrogens with one attached hydrogen (secondary N) is 1. The van der Waals surface area contributed by atoms with Gasteiger partial charge in [-0.25, -0.2) is 4.90 Å². The lowest BCUT2D eigenvalue weighted by atomic mass is 10.0. The van der Waals surface area contributed by atoms with Crippen molar-refractivity contribution in [3.05, 3.63) is 90.1 Å². The van der Waals surface area contributed by atoms with Crippen molar-refractivity contribution in [1.82, 2.24) is 0 Å². The predicted octanol–water partition coefficient (Wildman–Crippen LogP) is 4.10. The zero-order chi connectivity index (χ0) is 21.1. The van der Waals surface area contributed by atoms with Gasteiger partial charge < -0.3 is 14.8 Å². The Bertz CT molecular complexity index is 1120. The molecular weight excluding hydrogens is 380 g/mol. The molecule has 1 aliphatic heterocycles. The minimum absolute atomic E-state index is 0.193. The van der Waals surface area contributed by atoms with Gasteiger partial charge in [-0.1, -0.05) is 36.4 Å². The number of imide groups is 1. The molecule has 6 heteroatoms. The van der Waals surface area contributed by atoms with E-state index in [9.17, 15) is 9.59 Å². The summed E-state index contributed by atoms with van der Waals surface area (Å²) in [6.45, 7) is 0. The third-order valence-corrected chi connectivity index (χ3v) is 4.83. The highest BCUT2D eigenvalue weighted by Crippen LogP contribution is 2.37. The highest BCUT2D eigenvalue weighted by atomic mass is 16.5. The number of ether oxygens (including phenoxy) is 2. The van der Waals surface area contributed by atoms with Crippen LogP contribution in [0, 0.1) is 0 Å². The molecule has 3 aromatic rings. The summed E-state index contributed by atoms with van der Waals surface area (Å²) in [5.74, 6) is 0.367. The third kappa shape index (κ3) is 3.39. The molecular formula is C24H20N2O4. The molecule has 0 aromatic heterocycles. The van der Waals surface area contributed by atoms with Crippen LogP contribution in [0.15, 0.2) is 84.6 Å². The molecule has 0 bridgehead atoms. The SMILES string of the molecule is COc1ccc(NC2=C(c3ccccc3OC)C(=O)N(c3ccccc3)C2=O)cc1. The number of anilines is 2. The van der Waals surface area contributed by atoms with Crippen LogP contribution in [-0.4, -0.2) is 26.0 Å². The third-order valence-electron chi connectivity index (χ3n) is 4.83. The Morgan fingerprint density at radius 3 is 2.07 bits per heavy atom. The number of carbonyl (C=O) groups excluding carboxylic acids is 2. The van der Waals surface area contributed by atoms with Crippen LogP contribution in [0.25, 0.3) is 5.57 Å². The molecule has 0 atom stereocenters. The van der Waals surface area contributed by atoms with Crippen molar-refractivity contribution in [3.63, 3.8) is 0 Å². The van der Waals surface area contributed by atoms with Gasteiger partial charge in [0.25, 0.3) is 11.8 Å². The fraction of sp³-hybridized carbons (Fsp3) is 0.0833. The second kappa shape index (κ2) is 8.13. The standard InChI is InChI=1S/C24H20N2O4/c1-29-18-14-12-16(13-15-18)25-22-21(19-10-6-7-11-20(19)30-2)23(27)26(24(22)28)17-8-4-3-5-9-17/h3-15,25H,1-2H3. The molecule has 0 radical (unpaired) electrons. The van der Waals surface area contributed by atoms with E-state index in [1.54, 1.807) is 73.8 Å². The summed E-state index contributed by atoms with van der Waals surface area (Å²) in [5.41, 5.74) is 2.17. The van der Waals surface area contributed by atoms with Crippen LogP contribution in [-0.2, 0) is 9.59 Å². The highest BCUT2D eigenvalue weighted by Gasteiger charge is 2.41. The van der Waals surface area contributed by atoms with E-state index in [2.05, 4.69) is 5.32 Å². The van der Waals surface area contributed by atoms with E-state index in [0.717, 1.165) is 0 Å². The van der Waals surface area contributed by atoms with Gasteiger partial charge in [0, 0.05) is 11.3 Å². The van der Waals surface area contributed by atoms with Gasteiger partial charge in [0.05, 0.1) is 25.5 Å². The number of hydrogen-bond donors (Lipinski definition) is 1. The number of rotatable bonds is 6. The average Bonchev–Trinajstić information content (AvgIpc) is 3.04. The fourth-order valence-electron chi connectivity index (χ4n) is 3.38. The molecule has 2 amide bonds. The lowest BCUT2D eigenvalue weighted by Gasteiger charge is -2.15. The molecule has 30 heavy (non-hydrogen) atoms. The Balaban J connectivity index is 1.83. The van der Waals surface area contributed by atoms with E-state index in [0.29, 0.717) is 28.4 Å². The van der Waals surface area contributed by atoms with E-state index in [1.807, 2.05) is 12.1 Å². The van der Waals surface area contributed by atoms with Gasteiger partial charge in [-0.2, -0.15) is 0 Å². The molecule has 0 spiro atoms. The van der Waals surface area contributed by atoms with Crippen LogP contribution >= 0.6 is 0 Å². The Morgan fingerprint density at radius 2 is 1.40 bits per heavy atom. The fourth-order valence-corrected chi connectivity index (χ4v) is 3.38. The summed E-state index contributed by atoms with van der Waals surface area (Å²) >= 11 is 0. The topological polar surface area (TPSA) is 67.9 Å². The summed E-state index contributed by atoms with van der Waals surface area (Å²) in [5, 5.41) is 3.13. The lowest BCUT2D eigenvalue weighted by Crippen LogP contribution is -2.32. The highest BCUT2D eigenvalue weighted by molar-refractivity contribution is 6.46. The predicted molar refractivity (Wildman–Crippen MR) is 115 cm³/mol. The number of benzene rings is 3. The summed E-state index contributed by atoms with van der Waals surface area (Å²) in [6, 6.07) is 23.1. The van der Waals surface area contributed by atoms with Crippen LogP contribution in [0.3, 0.4) is 0 Å². The molecule has 6 nitrogen and oxygen atoms in total. The Labute approximate surface area is 174 Å². The van der Waals surface area contributed by atoms with Crippen molar-refractivity contribution < 1.29 is 19.1 Å². The molecule has 0 saturated carbocycles. The molecule has 150 valence electrons. The molecule has 0 aliphatic carbocycles. The number of nitrogens with zero attached hydrogens (tertiary/aromatic N) is 1. The van der Waals surface area contributed by atoms with Crippen molar-refractivity contribution >= 4 is 28.8 Å². The van der Waals surface area contributed by atoms with Gasteiger partial charge in [0.15, 0.2) is 0 Å². The summed E-state index contributed by atoms with van der Waals surface area (Å²) in [6.07, 6.45) is 0. The van der Waals surface area contributed by atoms with Crippen molar-refractivity contribution in [2.45, 2.75) is 0 Å². The number of amides is 2. The maximum absolute atomic E-state index is 13.4. The first-order valence-electron chi connectivity index (χ1n) is 9.36. The van der Waals surface area contributed by atoms with Gasteiger partial charge in [-0.3, -0.25) is 9.59 Å². The second-order valence-electron chi connectivity index (χ2n) is 6.59. The molecule has 1 aliphatic rings. The van der Waals surface area contributed by atoms with Crippen molar-refractivity contribution in [2.24, 2.45) is 0 Å². The second-order valence-corrected chi connectivity index (χ2v) is 6.59. The van der Waals surface area contributed by atoms with E-state index in [1.165, 1.54) is 12.0 Å². The molecule has 3 aromatic carbocycles. The van der Waals surface area contributed by atoms with E-state index in [-0.39, 0.29) is 11.3 Å². The van der Waals surface area contributed by atoms with Crippen molar-refractivity contribution in [1.29, 1.82) is 0 Å². The Kier molecular flexibility index (Phi) is 5.22. The Morgan fingerprint density at radius 1 is 0.733 bits per heavy atom. The number of carbonyl (C=O) groups is 2. The van der Waals surface area contributed by atoms with Gasteiger partial charge in [0.1, 0.15) is 17.2 Å². The first kappa shape index (κ1) is 19.3. The zero-order valence-electron chi connectivity index (χ0n) is 16.6. The lowest BCUT2D eigenvalue weighted by molar-refractivity contribution is -0.120. The van der Waals surface area contributed by atoms with Crippen LogP contribution in [0.5, 0.6) is 11.5 Å². The largest absolute Gasteiger partial charge is 0.497 e. The molecule has 0 unspecified atom stereocenters. The van der Waals surface area contributed by atoms with Gasteiger partial charge in [0.2, 0.25) is 0 Å². The number of methoxy groups -OCH3 is 2. The smallest absolute Gasteiger partial charge is 0.282 e. The maximum Gasteiger partial charge on any atom is 0.282 e. The van der Waals surface area contributed by atoms with Crippen LogP contribution in [0.1, 0.15) is 5.56 Å². The average molecular weight is 400 g/mol. The van der Waals surface area contributed by atoms with Crippen molar-refractivity contribution in [2.75, 3.05) is 24.4 Å². The van der Waals surface area contributed by atoms with Crippen molar-refractivity contribution in [3.8, 4) is 11.5 Å². The normalized spacial score (nSPS) is 13.6. The van der Waals surface area contributed by atoms with E-state index in [4.69, 9.17) is 9.47 Å². The van der Waals surface area contributed by atoms with Gasteiger partial charge >= 0.3 is 0 Å². The summed E-state index contributed by atoms with van der Waals surface area (Å²) in [4.78, 5) is 27.9. The zero-order valence-corrected chi connectivity index (χ0v) is 16.6. The molecule has 1 heterocycles. The monoisotopic (exact) mass is 400 g/mol. The molecule has 0 fully saturated rings. The van der Waals surface area contributed by atoms with Gasteiger partial charge in [-0.05, 0) is 42.5 Å². The first-order valence-corrected chi connectivity index (χ1v) is 9.36. The quantitative estimate of drug-likeness (QED) is 0.631. The van der Waals surface area contributed by atoms with E-state index < -0.39 is 11.8 Å². The molecule has 4 rings (SSSR count). The Hall–Kier alpha value is -4.06. The maximum atomic E-state index is 13.4. The van der Waals surface area contributed by atoms with Gasteiger partial charge in [-0.15, -0.1) is 0 Å². The van der Waals surface area contributed by atoms with E-state index >= 15 is 0 Å². The number of hydrogen-bond acceptors (Lipinski definition) is 5. The van der Waals surface area contributed by atoms with Crippen LogP contribution in [0.4, 0.5) is 11.4 Å². The molecule has 1 N–H and O–H groups in total. The summed E-state index contributed by atoms with van der Waals surface area (Å²) < 4.78 is 10.6.